The molecule has 0 radical (unpaired) electrons. The fourth-order valence-electron chi connectivity index (χ4n) is 2.07. The molecule has 0 aromatic heterocycles. The Bertz CT molecular complexity index is 651. The van der Waals surface area contributed by atoms with Gasteiger partial charge in [-0.15, -0.1) is 0 Å². The van der Waals surface area contributed by atoms with Crippen LogP contribution in [0.1, 0.15) is 12.0 Å². The first kappa shape index (κ1) is 21.1. The summed E-state index contributed by atoms with van der Waals surface area (Å²) in [5.41, 5.74) is 5.97. The lowest BCUT2D eigenvalue weighted by Crippen LogP contribution is -2.56. The smallest absolute Gasteiger partial charge is 0.326 e. The van der Waals surface area contributed by atoms with E-state index in [9.17, 15) is 24.3 Å². The van der Waals surface area contributed by atoms with Crippen LogP contribution in [0.2, 0.25) is 0 Å². The van der Waals surface area contributed by atoms with Gasteiger partial charge in [0.25, 0.3) is 0 Å². The maximum atomic E-state index is 12.3. The van der Waals surface area contributed by atoms with Gasteiger partial charge in [-0.25, -0.2) is 4.79 Å². The Morgan fingerprint density at radius 2 is 1.54 bits per heavy atom. The molecule has 0 aliphatic heterocycles. The molecule has 142 valence electrons. The van der Waals surface area contributed by atoms with E-state index in [-0.39, 0.29) is 6.42 Å². The summed E-state index contributed by atoms with van der Waals surface area (Å²) in [5, 5.41) is 31.3. The molecule has 0 saturated carbocycles. The highest BCUT2D eigenvalue weighted by Gasteiger charge is 2.29. The molecule has 2 amide bonds. The van der Waals surface area contributed by atoms with Crippen molar-refractivity contribution in [1.29, 1.82) is 0 Å². The summed E-state index contributed by atoms with van der Waals surface area (Å²) < 4.78 is 0. The third kappa shape index (κ3) is 6.87. The van der Waals surface area contributed by atoms with E-state index in [0.29, 0.717) is 5.56 Å². The van der Waals surface area contributed by atoms with E-state index >= 15 is 0 Å². The topological polar surface area (TPSA) is 179 Å². The first-order valence-electron chi connectivity index (χ1n) is 7.70. The summed E-state index contributed by atoms with van der Waals surface area (Å²) in [5.74, 6) is -4.59. The summed E-state index contributed by atoms with van der Waals surface area (Å²) in [4.78, 5) is 46.3. The Balaban J connectivity index is 2.85. The van der Waals surface area contributed by atoms with Crippen molar-refractivity contribution in [3.63, 3.8) is 0 Å². The van der Waals surface area contributed by atoms with E-state index in [1.165, 1.54) is 0 Å². The number of carboxylic acid groups (broad SMARTS) is 2. The zero-order chi connectivity index (χ0) is 19.7. The van der Waals surface area contributed by atoms with E-state index in [1.54, 1.807) is 30.3 Å². The lowest BCUT2D eigenvalue weighted by molar-refractivity contribution is -0.143. The molecule has 3 atom stereocenters. The first-order valence-corrected chi connectivity index (χ1v) is 7.70. The molecular weight excluding hydrogens is 346 g/mol. The predicted octanol–water partition coefficient (Wildman–Crippen LogP) is -1.92. The van der Waals surface area contributed by atoms with Crippen LogP contribution in [0, 0.1) is 0 Å². The largest absolute Gasteiger partial charge is 0.481 e. The van der Waals surface area contributed by atoms with Crippen LogP contribution in [-0.4, -0.2) is 63.8 Å². The van der Waals surface area contributed by atoms with Crippen LogP contribution < -0.4 is 16.4 Å². The van der Waals surface area contributed by atoms with Gasteiger partial charge in [0.1, 0.15) is 18.1 Å². The lowest BCUT2D eigenvalue weighted by Gasteiger charge is -2.21. The van der Waals surface area contributed by atoms with Crippen LogP contribution in [0.3, 0.4) is 0 Å². The monoisotopic (exact) mass is 367 g/mol. The van der Waals surface area contributed by atoms with Crippen molar-refractivity contribution in [3.8, 4) is 0 Å². The van der Waals surface area contributed by atoms with E-state index in [0.717, 1.165) is 0 Å². The van der Waals surface area contributed by atoms with Gasteiger partial charge in [-0.1, -0.05) is 30.3 Å². The average molecular weight is 367 g/mol. The molecule has 26 heavy (non-hydrogen) atoms. The van der Waals surface area contributed by atoms with Crippen LogP contribution in [0.15, 0.2) is 30.3 Å². The maximum Gasteiger partial charge on any atom is 0.326 e. The Morgan fingerprint density at radius 3 is 2.04 bits per heavy atom. The molecule has 1 aromatic carbocycles. The summed E-state index contributed by atoms with van der Waals surface area (Å²) >= 11 is 0. The predicted molar refractivity (Wildman–Crippen MR) is 89.0 cm³/mol. The van der Waals surface area contributed by atoms with Crippen LogP contribution in [-0.2, 0) is 25.6 Å². The highest BCUT2D eigenvalue weighted by Crippen LogP contribution is 2.05. The minimum Gasteiger partial charge on any atom is -0.481 e. The van der Waals surface area contributed by atoms with E-state index in [4.69, 9.17) is 15.9 Å². The molecule has 0 aliphatic rings. The zero-order valence-electron chi connectivity index (χ0n) is 13.8. The molecule has 7 N–H and O–H groups in total. The van der Waals surface area contributed by atoms with E-state index in [1.807, 2.05) is 0 Å². The van der Waals surface area contributed by atoms with Gasteiger partial charge in [0.15, 0.2) is 0 Å². The quantitative estimate of drug-likeness (QED) is 0.277. The summed E-state index contributed by atoms with van der Waals surface area (Å²) in [7, 11) is 0. The number of nitrogens with one attached hydrogen (secondary N) is 2. The van der Waals surface area contributed by atoms with E-state index < -0.39 is 54.9 Å². The normalized spacial score (nSPS) is 13.9. The van der Waals surface area contributed by atoms with Crippen molar-refractivity contribution in [2.24, 2.45) is 5.73 Å². The minimum absolute atomic E-state index is 0.0220. The second kappa shape index (κ2) is 10.1. The number of rotatable bonds is 10. The lowest BCUT2D eigenvalue weighted by atomic mass is 10.0. The second-order valence-electron chi connectivity index (χ2n) is 5.54. The molecule has 0 fully saturated rings. The number of nitrogens with two attached hydrogens (primary N) is 1. The molecule has 10 heteroatoms. The number of hydrogen-bond donors (Lipinski definition) is 6. The van der Waals surface area contributed by atoms with Crippen molar-refractivity contribution in [2.45, 2.75) is 31.0 Å². The fourth-order valence-corrected chi connectivity index (χ4v) is 2.07. The average Bonchev–Trinajstić information content (AvgIpc) is 2.60. The number of benzene rings is 1. The summed E-state index contributed by atoms with van der Waals surface area (Å²) in [6.45, 7) is -0.695. The van der Waals surface area contributed by atoms with Gasteiger partial charge < -0.3 is 31.7 Å². The summed E-state index contributed by atoms with van der Waals surface area (Å²) in [6.07, 6.45) is -0.792. The Labute approximate surface area is 149 Å². The number of hydrogen-bond acceptors (Lipinski definition) is 6. The van der Waals surface area contributed by atoms with Gasteiger partial charge >= 0.3 is 11.9 Å². The third-order valence-electron chi connectivity index (χ3n) is 3.44. The number of carboxylic acids is 2. The molecule has 0 bridgehead atoms. The molecule has 0 aliphatic carbocycles. The SMILES string of the molecule is N[C@H](CO)C(=O)N[C@@H](CC(=O)O)C(=O)N[C@@H](Cc1ccccc1)C(=O)O. The number of carbonyl (C=O) groups excluding carboxylic acids is 2. The number of amides is 2. The van der Waals surface area contributed by atoms with Crippen molar-refractivity contribution < 1.29 is 34.5 Å². The highest BCUT2D eigenvalue weighted by atomic mass is 16.4. The van der Waals surface area contributed by atoms with Crippen molar-refractivity contribution >= 4 is 23.8 Å². The number of carbonyl (C=O) groups is 4. The zero-order valence-corrected chi connectivity index (χ0v) is 13.8. The molecule has 0 unspecified atom stereocenters. The molecule has 10 nitrogen and oxygen atoms in total. The van der Waals surface area contributed by atoms with Crippen LogP contribution in [0.25, 0.3) is 0 Å². The van der Waals surface area contributed by atoms with Gasteiger partial charge in [-0.05, 0) is 5.56 Å². The molecular formula is C16H21N3O7. The van der Waals surface area contributed by atoms with Gasteiger partial charge in [-0.3, -0.25) is 14.4 Å². The van der Waals surface area contributed by atoms with Gasteiger partial charge in [-0.2, -0.15) is 0 Å². The van der Waals surface area contributed by atoms with Crippen molar-refractivity contribution in [1.82, 2.24) is 10.6 Å². The molecule has 0 saturated heterocycles. The standard InChI is InChI=1S/C16H21N3O7/c17-10(8-20)14(23)18-11(7-13(21)22)15(24)19-12(16(25)26)6-9-4-2-1-3-5-9/h1-5,10-12,20H,6-8,17H2,(H,18,23)(H,19,24)(H,21,22)(H,25,26)/t10-,11+,12+/m1/s1. The van der Waals surface area contributed by atoms with Gasteiger partial charge in [0.2, 0.25) is 11.8 Å². The van der Waals surface area contributed by atoms with Crippen molar-refractivity contribution in [3.05, 3.63) is 35.9 Å². The Hall–Kier alpha value is -2.98. The highest BCUT2D eigenvalue weighted by molar-refractivity contribution is 5.94. The number of aliphatic hydroxyl groups is 1. The number of aliphatic carboxylic acids is 2. The first-order chi connectivity index (χ1) is 12.2. The van der Waals surface area contributed by atoms with Crippen LogP contribution in [0.5, 0.6) is 0 Å². The summed E-state index contributed by atoms with van der Waals surface area (Å²) in [6, 6.07) is 4.34. The van der Waals surface area contributed by atoms with Gasteiger partial charge in [0, 0.05) is 6.42 Å². The van der Waals surface area contributed by atoms with Gasteiger partial charge in [0.05, 0.1) is 13.0 Å². The van der Waals surface area contributed by atoms with Crippen LogP contribution >= 0.6 is 0 Å². The molecule has 0 spiro atoms. The second-order valence-corrected chi connectivity index (χ2v) is 5.54. The van der Waals surface area contributed by atoms with E-state index in [2.05, 4.69) is 10.6 Å². The van der Waals surface area contributed by atoms with Crippen molar-refractivity contribution in [2.75, 3.05) is 6.61 Å². The maximum absolute atomic E-state index is 12.3. The minimum atomic E-state index is -1.53. The number of aliphatic hydroxyl groups excluding tert-OH is 1. The molecule has 0 heterocycles. The Morgan fingerprint density at radius 1 is 0.962 bits per heavy atom. The molecule has 1 rings (SSSR count). The Kier molecular flexibility index (Phi) is 8.19. The molecule has 1 aromatic rings. The fraction of sp³-hybridized carbons (Fsp3) is 0.375. The third-order valence-corrected chi connectivity index (χ3v) is 3.44. The van der Waals surface area contributed by atoms with Crippen LogP contribution in [0.4, 0.5) is 0 Å².